The fourth-order valence-corrected chi connectivity index (χ4v) is 3.03. The van der Waals surface area contributed by atoms with E-state index in [1.807, 2.05) is 19.9 Å². The third kappa shape index (κ3) is 7.57. The molecule has 0 fully saturated rings. The van der Waals surface area contributed by atoms with E-state index in [2.05, 4.69) is 0 Å². The summed E-state index contributed by atoms with van der Waals surface area (Å²) in [6.07, 6.45) is 5.30. The van der Waals surface area contributed by atoms with Gasteiger partial charge in [-0.1, -0.05) is 35.4 Å². The Balaban J connectivity index is 2.42. The zero-order chi connectivity index (χ0) is 18.0. The lowest BCUT2D eigenvalue weighted by atomic mass is 10.1. The van der Waals surface area contributed by atoms with Gasteiger partial charge in [-0.15, -0.1) is 0 Å². The Kier molecular flexibility index (Phi) is 8.43. The molecule has 0 atom stereocenters. The maximum Gasteiger partial charge on any atom is 0.321 e. The van der Waals surface area contributed by atoms with Gasteiger partial charge in [0.05, 0.1) is 11.5 Å². The van der Waals surface area contributed by atoms with Crippen molar-refractivity contribution in [3.63, 3.8) is 0 Å². The molecule has 0 heterocycles. The molecule has 1 N–H and O–H groups in total. The number of allylic oxidation sites excluding steroid dienone is 2. The second-order valence-corrected chi connectivity index (χ2v) is 7.54. The van der Waals surface area contributed by atoms with Crippen molar-refractivity contribution in [2.45, 2.75) is 31.6 Å². The summed E-state index contributed by atoms with van der Waals surface area (Å²) in [5.74, 6) is -1.43. The second kappa shape index (κ2) is 10.1. The van der Waals surface area contributed by atoms with Gasteiger partial charge < -0.3 is 9.84 Å². The fraction of sp³-hybridized carbons (Fsp3) is 0.389. The molecular formula is C18H24O5S. The zero-order valence-electron chi connectivity index (χ0n) is 14.1. The quantitative estimate of drug-likeness (QED) is 0.546. The first-order valence-corrected chi connectivity index (χ1v) is 9.36. The summed E-state index contributed by atoms with van der Waals surface area (Å²) in [5.41, 5.74) is 1.95. The van der Waals surface area contributed by atoms with Crippen LogP contribution in [0, 0.1) is 0 Å². The molecule has 5 nitrogen and oxygen atoms in total. The highest BCUT2D eigenvalue weighted by Gasteiger charge is 2.19. The first-order chi connectivity index (χ1) is 11.3. The molecule has 0 amide bonds. The highest BCUT2D eigenvalue weighted by molar-refractivity contribution is 7.92. The van der Waals surface area contributed by atoms with Crippen LogP contribution in [-0.2, 0) is 19.4 Å². The average Bonchev–Trinajstić information content (AvgIpc) is 2.55. The third-order valence-corrected chi connectivity index (χ3v) is 4.97. The molecule has 1 aromatic carbocycles. The maximum absolute atomic E-state index is 12.0. The van der Waals surface area contributed by atoms with Gasteiger partial charge in [0.15, 0.2) is 15.6 Å². The lowest BCUT2D eigenvalue weighted by Crippen LogP contribution is -2.18. The Morgan fingerprint density at radius 2 is 1.79 bits per heavy atom. The number of aliphatic hydroxyl groups excluding tert-OH is 1. The van der Waals surface area contributed by atoms with E-state index in [0.717, 1.165) is 24.0 Å². The van der Waals surface area contributed by atoms with Crippen LogP contribution in [0.25, 0.3) is 0 Å². The smallest absolute Gasteiger partial charge is 0.321 e. The average molecular weight is 352 g/mol. The summed E-state index contributed by atoms with van der Waals surface area (Å²) in [6.45, 7) is 3.87. The highest BCUT2D eigenvalue weighted by atomic mass is 32.2. The van der Waals surface area contributed by atoms with Crippen molar-refractivity contribution < 1.29 is 23.1 Å². The predicted octanol–water partition coefficient (Wildman–Crippen LogP) is 2.67. The van der Waals surface area contributed by atoms with E-state index >= 15 is 0 Å². The van der Waals surface area contributed by atoms with E-state index in [1.165, 1.54) is 12.1 Å². The molecule has 0 radical (unpaired) electrons. The SMILES string of the molecule is C/C(=C\CC/C(C)=C/COC(=O)CS(=O)(=O)c1ccccc1)CO. The lowest BCUT2D eigenvalue weighted by molar-refractivity contribution is -0.139. The molecule has 0 aliphatic heterocycles. The van der Waals surface area contributed by atoms with Gasteiger partial charge in [0.2, 0.25) is 0 Å². The Morgan fingerprint density at radius 1 is 1.12 bits per heavy atom. The molecule has 0 unspecified atom stereocenters. The standard InChI is InChI=1S/C18H24O5S/c1-15(7-6-8-16(2)13-19)11-12-23-18(20)14-24(21,22)17-9-4-3-5-10-17/h3-5,8-11,19H,6-7,12-14H2,1-2H3/b15-11+,16-8+. The fourth-order valence-electron chi connectivity index (χ4n) is 1.90. The minimum Gasteiger partial charge on any atom is -0.461 e. The van der Waals surface area contributed by atoms with Gasteiger partial charge in [0.25, 0.3) is 0 Å². The van der Waals surface area contributed by atoms with Crippen LogP contribution in [0.5, 0.6) is 0 Å². The van der Waals surface area contributed by atoms with Gasteiger partial charge in [0, 0.05) is 0 Å². The summed E-state index contributed by atoms with van der Waals surface area (Å²) >= 11 is 0. The number of hydrogen-bond donors (Lipinski definition) is 1. The number of sulfone groups is 1. The summed E-state index contributed by atoms with van der Waals surface area (Å²) < 4.78 is 29.0. The largest absolute Gasteiger partial charge is 0.461 e. The number of carbonyl (C=O) groups excluding carboxylic acids is 1. The van der Waals surface area contributed by atoms with Crippen LogP contribution in [0.2, 0.25) is 0 Å². The van der Waals surface area contributed by atoms with E-state index in [-0.39, 0.29) is 18.1 Å². The van der Waals surface area contributed by atoms with Gasteiger partial charge in [0.1, 0.15) is 6.61 Å². The summed E-state index contributed by atoms with van der Waals surface area (Å²) in [4.78, 5) is 11.8. The molecule has 0 aliphatic rings. The van der Waals surface area contributed by atoms with Crippen LogP contribution in [0.3, 0.4) is 0 Å². The van der Waals surface area contributed by atoms with Crippen molar-refractivity contribution >= 4 is 15.8 Å². The van der Waals surface area contributed by atoms with Gasteiger partial charge >= 0.3 is 5.97 Å². The summed E-state index contributed by atoms with van der Waals surface area (Å²) in [6, 6.07) is 7.83. The van der Waals surface area contributed by atoms with Crippen molar-refractivity contribution in [1.29, 1.82) is 0 Å². The topological polar surface area (TPSA) is 80.7 Å². The predicted molar refractivity (Wildman–Crippen MR) is 93.3 cm³/mol. The molecule has 1 aromatic rings. The van der Waals surface area contributed by atoms with Crippen LogP contribution in [0.4, 0.5) is 0 Å². The summed E-state index contributed by atoms with van der Waals surface area (Å²) in [7, 11) is -3.66. The number of benzene rings is 1. The van der Waals surface area contributed by atoms with E-state index in [0.29, 0.717) is 0 Å². The molecule has 0 aromatic heterocycles. The monoisotopic (exact) mass is 352 g/mol. The molecular weight excluding hydrogens is 328 g/mol. The maximum atomic E-state index is 12.0. The van der Waals surface area contributed by atoms with Gasteiger partial charge in [-0.25, -0.2) is 8.42 Å². The normalized spacial score (nSPS) is 13.0. The van der Waals surface area contributed by atoms with Crippen LogP contribution in [-0.4, -0.2) is 38.5 Å². The summed E-state index contributed by atoms with van der Waals surface area (Å²) in [5, 5.41) is 8.89. The van der Waals surface area contributed by atoms with Crippen molar-refractivity contribution in [3.8, 4) is 0 Å². The second-order valence-electron chi connectivity index (χ2n) is 5.55. The molecule has 0 saturated heterocycles. The minimum atomic E-state index is -3.66. The van der Waals surface area contributed by atoms with Crippen LogP contribution in [0.1, 0.15) is 26.7 Å². The van der Waals surface area contributed by atoms with Crippen LogP contribution in [0.15, 0.2) is 58.5 Å². The van der Waals surface area contributed by atoms with Crippen LogP contribution < -0.4 is 0 Å². The molecule has 0 aliphatic carbocycles. The van der Waals surface area contributed by atoms with Crippen LogP contribution >= 0.6 is 0 Å². The van der Waals surface area contributed by atoms with E-state index in [1.54, 1.807) is 24.3 Å². The van der Waals surface area contributed by atoms with E-state index in [9.17, 15) is 13.2 Å². The third-order valence-electron chi connectivity index (χ3n) is 3.37. The molecule has 24 heavy (non-hydrogen) atoms. The molecule has 132 valence electrons. The lowest BCUT2D eigenvalue weighted by Gasteiger charge is -2.05. The minimum absolute atomic E-state index is 0.0518. The highest BCUT2D eigenvalue weighted by Crippen LogP contribution is 2.11. The number of rotatable bonds is 9. The first-order valence-electron chi connectivity index (χ1n) is 7.70. The molecule has 0 bridgehead atoms. The Labute approximate surface area is 143 Å². The number of ether oxygens (including phenoxy) is 1. The van der Waals surface area contributed by atoms with Crippen molar-refractivity contribution in [3.05, 3.63) is 53.6 Å². The Hall–Kier alpha value is -1.92. The van der Waals surface area contributed by atoms with Crippen molar-refractivity contribution in [2.75, 3.05) is 19.0 Å². The molecule has 0 spiro atoms. The number of carbonyl (C=O) groups is 1. The van der Waals surface area contributed by atoms with E-state index in [4.69, 9.17) is 9.84 Å². The number of aliphatic hydroxyl groups is 1. The van der Waals surface area contributed by atoms with Gasteiger partial charge in [-0.2, -0.15) is 0 Å². The zero-order valence-corrected chi connectivity index (χ0v) is 14.9. The van der Waals surface area contributed by atoms with Crippen molar-refractivity contribution in [2.24, 2.45) is 0 Å². The Morgan fingerprint density at radius 3 is 2.42 bits per heavy atom. The van der Waals surface area contributed by atoms with Crippen molar-refractivity contribution in [1.82, 2.24) is 0 Å². The van der Waals surface area contributed by atoms with Gasteiger partial charge in [-0.3, -0.25) is 4.79 Å². The molecule has 0 saturated carbocycles. The number of hydrogen-bond acceptors (Lipinski definition) is 5. The Bertz CT molecular complexity index is 687. The number of esters is 1. The van der Waals surface area contributed by atoms with E-state index < -0.39 is 21.6 Å². The first kappa shape index (κ1) is 20.1. The molecule has 1 rings (SSSR count). The van der Waals surface area contributed by atoms with Gasteiger partial charge in [-0.05, 0) is 44.9 Å². The molecule has 6 heteroatoms.